The predicted molar refractivity (Wildman–Crippen MR) is 134 cm³/mol. The van der Waals surface area contributed by atoms with Crippen LogP contribution in [0.15, 0.2) is 29.3 Å². The number of guanidine groups is 1. The Labute approximate surface area is 199 Å². The monoisotopic (exact) mass is 533 g/mol. The zero-order chi connectivity index (χ0) is 21.1. The van der Waals surface area contributed by atoms with E-state index >= 15 is 0 Å². The van der Waals surface area contributed by atoms with E-state index in [9.17, 15) is 0 Å². The van der Waals surface area contributed by atoms with Crippen LogP contribution in [-0.4, -0.2) is 59.1 Å². The van der Waals surface area contributed by atoms with E-state index in [-0.39, 0.29) is 35.5 Å². The van der Waals surface area contributed by atoms with E-state index in [1.807, 2.05) is 19.2 Å². The molecule has 1 aliphatic heterocycles. The van der Waals surface area contributed by atoms with Gasteiger partial charge in [0, 0.05) is 45.4 Å². The predicted octanol–water partition coefficient (Wildman–Crippen LogP) is 3.98. The van der Waals surface area contributed by atoms with Crippen molar-refractivity contribution in [3.05, 3.63) is 29.8 Å². The van der Waals surface area contributed by atoms with Gasteiger partial charge in [0.2, 0.25) is 0 Å². The average molecular weight is 533 g/mol. The molecule has 7 heteroatoms. The fourth-order valence-corrected chi connectivity index (χ4v) is 3.90. The molecule has 1 aromatic carbocycles. The van der Waals surface area contributed by atoms with Crippen molar-refractivity contribution in [2.24, 2.45) is 10.9 Å². The number of ether oxygens (including phenoxy) is 3. The molecule has 2 N–H and O–H groups in total. The molecular weight excluding hydrogens is 493 g/mol. The lowest BCUT2D eigenvalue weighted by Gasteiger charge is -2.38. The summed E-state index contributed by atoms with van der Waals surface area (Å²) in [6.07, 6.45) is 3.21. The molecule has 1 fully saturated rings. The van der Waals surface area contributed by atoms with Gasteiger partial charge >= 0.3 is 0 Å². The highest BCUT2D eigenvalue weighted by atomic mass is 127. The average Bonchev–Trinajstić information content (AvgIpc) is 2.76. The summed E-state index contributed by atoms with van der Waals surface area (Å²) in [7, 11) is 3.52. The minimum atomic E-state index is 0. The molecule has 0 aromatic heterocycles. The molecule has 2 rings (SSSR count). The van der Waals surface area contributed by atoms with Gasteiger partial charge in [-0.15, -0.1) is 24.0 Å². The van der Waals surface area contributed by atoms with Crippen LogP contribution in [0.25, 0.3) is 0 Å². The Kier molecular flexibility index (Phi) is 12.7. The fourth-order valence-electron chi connectivity index (χ4n) is 3.90. The van der Waals surface area contributed by atoms with Crippen molar-refractivity contribution in [1.82, 2.24) is 10.6 Å². The number of nitrogens with one attached hydrogen (secondary N) is 2. The van der Waals surface area contributed by atoms with E-state index in [1.54, 1.807) is 7.11 Å². The number of nitrogens with zero attached hydrogens (tertiary/aromatic N) is 1. The van der Waals surface area contributed by atoms with Crippen LogP contribution in [0.2, 0.25) is 0 Å². The third kappa shape index (κ3) is 7.89. The Bertz CT molecular complexity index is 617. The van der Waals surface area contributed by atoms with Gasteiger partial charge in [0.05, 0.1) is 13.2 Å². The van der Waals surface area contributed by atoms with E-state index in [0.29, 0.717) is 5.92 Å². The Hall–Kier alpha value is -1.06. The highest BCUT2D eigenvalue weighted by Gasteiger charge is 2.34. The molecule has 30 heavy (non-hydrogen) atoms. The van der Waals surface area contributed by atoms with Crippen LogP contribution in [0.3, 0.4) is 0 Å². The van der Waals surface area contributed by atoms with Crippen molar-refractivity contribution >= 4 is 29.9 Å². The molecule has 1 unspecified atom stereocenters. The molecule has 1 aromatic rings. The molecule has 0 saturated carbocycles. The number of aliphatic imine (C=N–C) groups is 1. The normalized spacial score (nSPS) is 17.2. The summed E-state index contributed by atoms with van der Waals surface area (Å²) in [4.78, 5) is 4.41. The topological polar surface area (TPSA) is 64.1 Å². The molecule has 1 heterocycles. The summed E-state index contributed by atoms with van der Waals surface area (Å²) in [5, 5.41) is 7.00. The third-order valence-corrected chi connectivity index (χ3v) is 5.82. The first-order valence-corrected chi connectivity index (χ1v) is 10.8. The van der Waals surface area contributed by atoms with Crippen LogP contribution < -0.4 is 15.4 Å². The maximum atomic E-state index is 5.84. The van der Waals surface area contributed by atoms with Crippen LogP contribution in [-0.2, 0) is 14.9 Å². The second-order valence-electron chi connectivity index (χ2n) is 8.00. The van der Waals surface area contributed by atoms with Gasteiger partial charge in [0.15, 0.2) is 5.96 Å². The summed E-state index contributed by atoms with van der Waals surface area (Å²) in [5.41, 5.74) is 1.36. The minimum Gasteiger partial charge on any atom is -0.497 e. The van der Waals surface area contributed by atoms with Gasteiger partial charge in [0.1, 0.15) is 5.75 Å². The van der Waals surface area contributed by atoms with E-state index in [1.165, 1.54) is 5.56 Å². The van der Waals surface area contributed by atoms with Gasteiger partial charge in [-0.2, -0.15) is 0 Å². The van der Waals surface area contributed by atoms with E-state index in [2.05, 4.69) is 48.5 Å². The molecule has 6 nitrogen and oxygen atoms in total. The molecule has 1 atom stereocenters. The largest absolute Gasteiger partial charge is 0.497 e. The molecule has 0 radical (unpaired) electrons. The van der Waals surface area contributed by atoms with Crippen LogP contribution in [0.5, 0.6) is 5.75 Å². The lowest BCUT2D eigenvalue weighted by Crippen LogP contribution is -2.48. The van der Waals surface area contributed by atoms with Crippen molar-refractivity contribution < 1.29 is 14.2 Å². The zero-order valence-electron chi connectivity index (χ0n) is 19.2. The summed E-state index contributed by atoms with van der Waals surface area (Å²) in [5.74, 6) is 2.23. The van der Waals surface area contributed by atoms with Gasteiger partial charge in [-0.3, -0.25) is 4.99 Å². The molecule has 0 aliphatic carbocycles. The Morgan fingerprint density at radius 3 is 2.37 bits per heavy atom. The summed E-state index contributed by atoms with van der Waals surface area (Å²) in [6.45, 7) is 10.4. The maximum Gasteiger partial charge on any atom is 0.191 e. The van der Waals surface area contributed by atoms with Gasteiger partial charge in [-0.05, 0) is 49.8 Å². The van der Waals surface area contributed by atoms with Gasteiger partial charge in [-0.25, -0.2) is 0 Å². The Morgan fingerprint density at radius 1 is 1.17 bits per heavy atom. The number of methoxy groups -OCH3 is 1. The van der Waals surface area contributed by atoms with Crippen molar-refractivity contribution in [3.8, 4) is 5.75 Å². The summed E-state index contributed by atoms with van der Waals surface area (Å²) in [6, 6.07) is 8.44. The first-order valence-electron chi connectivity index (χ1n) is 10.8. The maximum absolute atomic E-state index is 5.84. The zero-order valence-corrected chi connectivity index (χ0v) is 21.5. The SMILES string of the molecule is CCOC(CCNC(=NC)NCC1(c2ccc(OC)cc2)CCOCC1)C(C)C.I. The van der Waals surface area contributed by atoms with Crippen molar-refractivity contribution in [2.45, 2.75) is 51.6 Å². The molecule has 1 saturated heterocycles. The lowest BCUT2D eigenvalue weighted by molar-refractivity contribution is 0.0258. The molecular formula is C23H40IN3O3. The van der Waals surface area contributed by atoms with E-state index in [0.717, 1.165) is 63.9 Å². The second-order valence-corrected chi connectivity index (χ2v) is 8.00. The number of hydrogen-bond donors (Lipinski definition) is 2. The van der Waals surface area contributed by atoms with Crippen LogP contribution in [0, 0.1) is 5.92 Å². The van der Waals surface area contributed by atoms with Gasteiger partial charge < -0.3 is 24.8 Å². The highest BCUT2D eigenvalue weighted by Crippen LogP contribution is 2.35. The quantitative estimate of drug-likeness (QED) is 0.271. The van der Waals surface area contributed by atoms with Crippen molar-refractivity contribution in [2.75, 3.05) is 47.1 Å². The second kappa shape index (κ2) is 14.1. The molecule has 1 aliphatic rings. The minimum absolute atomic E-state index is 0. The van der Waals surface area contributed by atoms with Crippen LogP contribution >= 0.6 is 24.0 Å². The van der Waals surface area contributed by atoms with Crippen molar-refractivity contribution in [3.63, 3.8) is 0 Å². The molecule has 0 bridgehead atoms. The lowest BCUT2D eigenvalue weighted by atomic mass is 9.74. The smallest absolute Gasteiger partial charge is 0.191 e. The summed E-state index contributed by atoms with van der Waals surface area (Å²) < 4.78 is 16.8. The first-order chi connectivity index (χ1) is 14.0. The standard InChI is InChI=1S/C23H39N3O3.HI/c1-6-29-21(18(2)3)11-14-25-22(24-4)26-17-23(12-15-28-16-13-23)19-7-9-20(27-5)10-8-19;/h7-10,18,21H,6,11-17H2,1-5H3,(H2,24,25,26);1H. The van der Waals surface area contributed by atoms with Gasteiger partial charge in [-0.1, -0.05) is 26.0 Å². The van der Waals surface area contributed by atoms with Crippen LogP contribution in [0.4, 0.5) is 0 Å². The number of rotatable bonds is 10. The molecule has 0 amide bonds. The Morgan fingerprint density at radius 2 is 1.83 bits per heavy atom. The number of halogens is 1. The number of hydrogen-bond acceptors (Lipinski definition) is 4. The van der Waals surface area contributed by atoms with Gasteiger partial charge in [0.25, 0.3) is 0 Å². The third-order valence-electron chi connectivity index (χ3n) is 5.82. The first kappa shape index (κ1) is 27.0. The van der Waals surface area contributed by atoms with Crippen molar-refractivity contribution in [1.29, 1.82) is 0 Å². The number of benzene rings is 1. The van der Waals surface area contributed by atoms with E-state index in [4.69, 9.17) is 14.2 Å². The Balaban J connectivity index is 0.00000450. The van der Waals surface area contributed by atoms with Crippen LogP contribution in [0.1, 0.15) is 45.6 Å². The molecule has 0 spiro atoms. The summed E-state index contributed by atoms with van der Waals surface area (Å²) >= 11 is 0. The van der Waals surface area contributed by atoms with E-state index < -0.39 is 0 Å². The molecule has 172 valence electrons. The fraction of sp³-hybridized carbons (Fsp3) is 0.696. The highest BCUT2D eigenvalue weighted by molar-refractivity contribution is 14.0.